The Morgan fingerprint density at radius 1 is 1.11 bits per heavy atom. The summed E-state index contributed by atoms with van der Waals surface area (Å²) in [5.41, 5.74) is 0.0903. The molecule has 0 spiro atoms. The van der Waals surface area contributed by atoms with Gasteiger partial charge in [0, 0.05) is 6.04 Å². The molecule has 1 atom stereocenters. The van der Waals surface area contributed by atoms with E-state index in [2.05, 4.69) is 24.5 Å². The molecule has 2 fully saturated rings. The highest BCUT2D eigenvalue weighted by Crippen LogP contribution is 2.30. The van der Waals surface area contributed by atoms with Gasteiger partial charge in [-0.25, -0.2) is 0 Å². The smallest absolute Gasteiger partial charge is 0.237 e. The van der Waals surface area contributed by atoms with Crippen LogP contribution in [0.2, 0.25) is 0 Å². The topological polar surface area (TPSA) is 41.1 Å². The van der Waals surface area contributed by atoms with Crippen LogP contribution in [0.15, 0.2) is 0 Å². The molecular weight excluding hydrogens is 224 g/mol. The van der Waals surface area contributed by atoms with Crippen LogP contribution >= 0.6 is 0 Å². The largest absolute Gasteiger partial charge is 0.352 e. The van der Waals surface area contributed by atoms with Crippen molar-refractivity contribution < 1.29 is 4.79 Å². The van der Waals surface area contributed by atoms with Gasteiger partial charge in [-0.15, -0.1) is 0 Å². The molecule has 0 radical (unpaired) electrons. The van der Waals surface area contributed by atoms with Crippen molar-refractivity contribution in [1.82, 2.24) is 10.6 Å². The average molecular weight is 252 g/mol. The zero-order chi connectivity index (χ0) is 13.0. The predicted octanol–water partition coefficient (Wildman–Crippen LogP) is 2.60. The molecule has 0 aromatic rings. The molecule has 1 unspecified atom stereocenters. The summed E-state index contributed by atoms with van der Waals surface area (Å²) < 4.78 is 0. The van der Waals surface area contributed by atoms with Crippen molar-refractivity contribution >= 4 is 5.91 Å². The van der Waals surface area contributed by atoms with E-state index in [1.165, 1.54) is 44.9 Å². The molecule has 104 valence electrons. The first kappa shape index (κ1) is 13.9. The van der Waals surface area contributed by atoms with E-state index in [9.17, 15) is 4.79 Å². The van der Waals surface area contributed by atoms with Crippen LogP contribution in [0.5, 0.6) is 0 Å². The maximum Gasteiger partial charge on any atom is 0.237 e. The van der Waals surface area contributed by atoms with Gasteiger partial charge in [0.25, 0.3) is 0 Å². The van der Waals surface area contributed by atoms with Gasteiger partial charge in [-0.05, 0) is 37.6 Å². The SMILES string of the molecule is CC1(C)CCCNC1C(=O)NC1CCCCCC1. The van der Waals surface area contributed by atoms with Gasteiger partial charge < -0.3 is 10.6 Å². The molecule has 2 N–H and O–H groups in total. The van der Waals surface area contributed by atoms with Crippen molar-refractivity contribution in [3.63, 3.8) is 0 Å². The fourth-order valence-electron chi connectivity index (χ4n) is 3.37. The molecule has 1 saturated carbocycles. The molecule has 3 heteroatoms. The monoisotopic (exact) mass is 252 g/mol. The van der Waals surface area contributed by atoms with Crippen LogP contribution in [0.25, 0.3) is 0 Å². The van der Waals surface area contributed by atoms with Gasteiger partial charge in [0.05, 0.1) is 6.04 Å². The third-order valence-electron chi connectivity index (χ3n) is 4.59. The van der Waals surface area contributed by atoms with Crippen LogP contribution in [0.4, 0.5) is 0 Å². The van der Waals surface area contributed by atoms with Gasteiger partial charge in [-0.1, -0.05) is 39.5 Å². The lowest BCUT2D eigenvalue weighted by molar-refractivity contribution is -0.127. The molecule has 0 aromatic carbocycles. The first-order chi connectivity index (χ1) is 8.59. The molecule has 2 rings (SSSR count). The molecule has 1 amide bonds. The summed E-state index contributed by atoms with van der Waals surface area (Å²) in [6.45, 7) is 5.39. The van der Waals surface area contributed by atoms with E-state index >= 15 is 0 Å². The molecule has 1 saturated heterocycles. The van der Waals surface area contributed by atoms with E-state index in [0.29, 0.717) is 6.04 Å². The quantitative estimate of drug-likeness (QED) is 0.742. The van der Waals surface area contributed by atoms with Crippen LogP contribution in [0.3, 0.4) is 0 Å². The number of nitrogens with one attached hydrogen (secondary N) is 2. The Labute approximate surface area is 111 Å². The Morgan fingerprint density at radius 3 is 2.39 bits per heavy atom. The Balaban J connectivity index is 1.89. The van der Waals surface area contributed by atoms with Gasteiger partial charge >= 0.3 is 0 Å². The summed E-state index contributed by atoms with van der Waals surface area (Å²) in [5, 5.41) is 6.69. The molecule has 3 nitrogen and oxygen atoms in total. The maximum atomic E-state index is 12.4. The van der Waals surface area contributed by atoms with E-state index in [0.717, 1.165) is 13.0 Å². The molecular formula is C15H28N2O. The van der Waals surface area contributed by atoms with E-state index in [1.807, 2.05) is 0 Å². The molecule has 0 bridgehead atoms. The second-order valence-electron chi connectivity index (χ2n) is 6.68. The van der Waals surface area contributed by atoms with E-state index < -0.39 is 0 Å². The lowest BCUT2D eigenvalue weighted by Crippen LogP contribution is -2.57. The minimum absolute atomic E-state index is 0.00509. The normalized spacial score (nSPS) is 29.6. The van der Waals surface area contributed by atoms with Crippen molar-refractivity contribution in [2.75, 3.05) is 6.54 Å². The average Bonchev–Trinajstić information content (AvgIpc) is 2.57. The van der Waals surface area contributed by atoms with Crippen molar-refractivity contribution in [3.8, 4) is 0 Å². The summed E-state index contributed by atoms with van der Waals surface area (Å²) in [5.74, 6) is 0.228. The standard InChI is InChI=1S/C15H28N2O/c1-15(2)10-7-11-16-13(15)14(18)17-12-8-5-3-4-6-9-12/h12-13,16H,3-11H2,1-2H3,(H,17,18). The summed E-state index contributed by atoms with van der Waals surface area (Å²) in [6, 6.07) is 0.411. The van der Waals surface area contributed by atoms with E-state index in [4.69, 9.17) is 0 Å². The van der Waals surface area contributed by atoms with Gasteiger partial charge in [0.2, 0.25) is 5.91 Å². The van der Waals surface area contributed by atoms with Crippen molar-refractivity contribution in [3.05, 3.63) is 0 Å². The Kier molecular flexibility index (Phi) is 4.66. The van der Waals surface area contributed by atoms with Crippen LogP contribution in [0.1, 0.15) is 65.2 Å². The number of amides is 1. The third-order valence-corrected chi connectivity index (χ3v) is 4.59. The number of carbonyl (C=O) groups is 1. The molecule has 1 aliphatic heterocycles. The third kappa shape index (κ3) is 3.47. The first-order valence-electron chi connectivity index (χ1n) is 7.63. The van der Waals surface area contributed by atoms with Crippen LogP contribution in [0, 0.1) is 5.41 Å². The summed E-state index contributed by atoms with van der Waals surface area (Å²) in [7, 11) is 0. The molecule has 1 heterocycles. The number of hydrogen-bond acceptors (Lipinski definition) is 2. The summed E-state index contributed by atoms with van der Waals surface area (Å²) in [6.07, 6.45) is 9.86. The number of hydrogen-bond donors (Lipinski definition) is 2. The van der Waals surface area contributed by atoms with Crippen LogP contribution < -0.4 is 10.6 Å². The number of rotatable bonds is 2. The van der Waals surface area contributed by atoms with Crippen molar-refractivity contribution in [1.29, 1.82) is 0 Å². The minimum atomic E-state index is -0.00509. The van der Waals surface area contributed by atoms with Crippen molar-refractivity contribution in [2.24, 2.45) is 5.41 Å². The maximum absolute atomic E-state index is 12.4. The van der Waals surface area contributed by atoms with Crippen LogP contribution in [-0.4, -0.2) is 24.5 Å². The molecule has 18 heavy (non-hydrogen) atoms. The predicted molar refractivity (Wildman–Crippen MR) is 74.4 cm³/mol. The zero-order valence-corrected chi connectivity index (χ0v) is 11.9. The highest BCUT2D eigenvalue weighted by atomic mass is 16.2. The second kappa shape index (κ2) is 6.05. The highest BCUT2D eigenvalue weighted by Gasteiger charge is 2.37. The zero-order valence-electron chi connectivity index (χ0n) is 11.9. The summed E-state index contributed by atoms with van der Waals surface area (Å²) in [4.78, 5) is 12.4. The molecule has 2 aliphatic rings. The molecule has 1 aliphatic carbocycles. The molecule has 0 aromatic heterocycles. The van der Waals surface area contributed by atoms with Crippen molar-refractivity contribution in [2.45, 2.75) is 77.3 Å². The Morgan fingerprint density at radius 2 is 1.78 bits per heavy atom. The fraction of sp³-hybridized carbons (Fsp3) is 0.933. The lowest BCUT2D eigenvalue weighted by atomic mass is 9.77. The summed E-state index contributed by atoms with van der Waals surface area (Å²) >= 11 is 0. The van der Waals surface area contributed by atoms with Gasteiger partial charge in [-0.3, -0.25) is 4.79 Å². The second-order valence-corrected chi connectivity index (χ2v) is 6.68. The lowest BCUT2D eigenvalue weighted by Gasteiger charge is -2.39. The Hall–Kier alpha value is -0.570. The first-order valence-corrected chi connectivity index (χ1v) is 7.63. The Bertz CT molecular complexity index is 280. The van der Waals surface area contributed by atoms with Gasteiger partial charge in [-0.2, -0.15) is 0 Å². The van der Waals surface area contributed by atoms with E-state index in [-0.39, 0.29) is 17.4 Å². The minimum Gasteiger partial charge on any atom is -0.352 e. The highest BCUT2D eigenvalue weighted by molar-refractivity contribution is 5.83. The van der Waals surface area contributed by atoms with Crippen LogP contribution in [-0.2, 0) is 4.79 Å². The fourth-order valence-corrected chi connectivity index (χ4v) is 3.37. The van der Waals surface area contributed by atoms with Gasteiger partial charge in [0.15, 0.2) is 0 Å². The van der Waals surface area contributed by atoms with Gasteiger partial charge in [0.1, 0.15) is 0 Å². The number of carbonyl (C=O) groups excluding carboxylic acids is 1. The van der Waals surface area contributed by atoms with E-state index in [1.54, 1.807) is 0 Å². The number of piperidine rings is 1.